The van der Waals surface area contributed by atoms with Crippen LogP contribution in [0.15, 0.2) is 55.1 Å². The molecule has 4 nitrogen and oxygen atoms in total. The van der Waals surface area contributed by atoms with Gasteiger partial charge in [0.1, 0.15) is 6.33 Å². The fourth-order valence-electron chi connectivity index (χ4n) is 5.30. The van der Waals surface area contributed by atoms with Crippen LogP contribution in [0.2, 0.25) is 0 Å². The summed E-state index contributed by atoms with van der Waals surface area (Å²) in [7, 11) is 0. The molecule has 0 N–H and O–H groups in total. The van der Waals surface area contributed by atoms with Gasteiger partial charge in [-0.05, 0) is 76.9 Å². The molecule has 0 saturated carbocycles. The van der Waals surface area contributed by atoms with Crippen molar-refractivity contribution in [3.8, 4) is 11.1 Å². The smallest absolute Gasteiger partial charge is 0.364 e. The third kappa shape index (κ3) is 4.80. The number of fused-ring (bicyclic) bond motifs is 1. The van der Waals surface area contributed by atoms with Crippen LogP contribution in [0, 0.1) is 5.92 Å². The number of aromatic nitrogens is 2. The van der Waals surface area contributed by atoms with Crippen molar-refractivity contribution in [2.45, 2.75) is 45.5 Å². The Bertz CT molecular complexity index is 1160. The number of anilines is 1. The highest BCUT2D eigenvalue weighted by molar-refractivity contribution is 5.68. The fourth-order valence-corrected chi connectivity index (χ4v) is 5.30. The number of benzene rings is 2. The van der Waals surface area contributed by atoms with Crippen molar-refractivity contribution < 1.29 is 13.2 Å². The van der Waals surface area contributed by atoms with Crippen molar-refractivity contribution >= 4 is 5.69 Å². The van der Waals surface area contributed by atoms with Gasteiger partial charge in [0, 0.05) is 26.2 Å². The first-order chi connectivity index (χ1) is 16.3. The highest BCUT2D eigenvalue weighted by atomic mass is 19.4. The lowest BCUT2D eigenvalue weighted by atomic mass is 9.88. The van der Waals surface area contributed by atoms with E-state index in [-0.39, 0.29) is 0 Å². The molecule has 3 heterocycles. The van der Waals surface area contributed by atoms with Crippen molar-refractivity contribution in [2.24, 2.45) is 5.92 Å². The summed E-state index contributed by atoms with van der Waals surface area (Å²) in [6, 6.07) is 10.6. The number of hydrogen-bond acceptors (Lipinski definition) is 4. The number of likely N-dealkylation sites (tertiary alicyclic amines) is 1. The molecule has 3 aromatic rings. The summed E-state index contributed by atoms with van der Waals surface area (Å²) < 4.78 is 41.3. The molecule has 0 bridgehead atoms. The highest BCUT2D eigenvalue weighted by Crippen LogP contribution is 2.37. The van der Waals surface area contributed by atoms with Gasteiger partial charge in [-0.2, -0.15) is 13.2 Å². The van der Waals surface area contributed by atoms with Crippen LogP contribution < -0.4 is 4.90 Å². The zero-order valence-corrected chi connectivity index (χ0v) is 19.5. The number of halogens is 3. The van der Waals surface area contributed by atoms with Crippen LogP contribution in [-0.2, 0) is 19.3 Å². The van der Waals surface area contributed by atoms with Crippen molar-refractivity contribution in [3.05, 3.63) is 77.4 Å². The Kier molecular flexibility index (Phi) is 6.06. The highest BCUT2D eigenvalue weighted by Gasteiger charge is 2.32. The van der Waals surface area contributed by atoms with Gasteiger partial charge >= 0.3 is 6.18 Å². The van der Waals surface area contributed by atoms with E-state index in [0.29, 0.717) is 36.1 Å². The molecule has 2 aliphatic heterocycles. The second kappa shape index (κ2) is 9.02. The summed E-state index contributed by atoms with van der Waals surface area (Å²) in [5.74, 6) is 0.887. The second-order valence-corrected chi connectivity index (χ2v) is 9.84. The number of hydrogen-bond donors (Lipinski definition) is 0. The third-order valence-corrected chi connectivity index (χ3v) is 7.01. The molecule has 2 atom stereocenters. The Morgan fingerprint density at radius 2 is 1.76 bits per heavy atom. The molecule has 0 radical (unpaired) electrons. The molecule has 1 saturated heterocycles. The van der Waals surface area contributed by atoms with Crippen molar-refractivity contribution in [1.29, 1.82) is 0 Å². The molecule has 2 aliphatic rings. The monoisotopic (exact) mass is 466 g/mol. The standard InChI is InChI=1S/C27H29F3N4/c1-18-5-6-33(13-18)15-20-7-22(10-24(8-20)27(28,29)30)21-3-4-26-19(2)14-34(16-23(26)9-21)25-11-31-17-32-12-25/h3-4,7-12,17-19H,5-6,13-16H2,1-2H3. The van der Waals surface area contributed by atoms with Gasteiger partial charge in [-0.3, -0.25) is 4.90 Å². The molecular formula is C27H29F3N4. The molecule has 2 unspecified atom stereocenters. The quantitative estimate of drug-likeness (QED) is 0.463. The lowest BCUT2D eigenvalue weighted by molar-refractivity contribution is -0.137. The minimum atomic E-state index is -4.38. The summed E-state index contributed by atoms with van der Waals surface area (Å²) in [6.45, 7) is 8.30. The molecule has 1 aromatic heterocycles. The van der Waals surface area contributed by atoms with Crippen molar-refractivity contribution in [3.63, 3.8) is 0 Å². The maximum atomic E-state index is 13.8. The molecule has 7 heteroatoms. The van der Waals surface area contributed by atoms with Gasteiger partial charge < -0.3 is 4.90 Å². The van der Waals surface area contributed by atoms with E-state index in [1.165, 1.54) is 24.0 Å². The Hall–Kier alpha value is -2.93. The van der Waals surface area contributed by atoms with Gasteiger partial charge in [0.25, 0.3) is 0 Å². The second-order valence-electron chi connectivity index (χ2n) is 9.84. The molecule has 1 fully saturated rings. The van der Waals surface area contributed by atoms with Crippen LogP contribution in [0.5, 0.6) is 0 Å². The van der Waals surface area contributed by atoms with Gasteiger partial charge in [0.2, 0.25) is 0 Å². The molecular weight excluding hydrogens is 437 g/mol. The van der Waals surface area contributed by atoms with E-state index in [4.69, 9.17) is 0 Å². The molecule has 178 valence electrons. The minimum absolute atomic E-state index is 0.298. The average Bonchev–Trinajstić information content (AvgIpc) is 3.22. The van der Waals surface area contributed by atoms with E-state index < -0.39 is 11.7 Å². The predicted molar refractivity (Wildman–Crippen MR) is 127 cm³/mol. The zero-order chi connectivity index (χ0) is 23.9. The molecule has 0 aliphatic carbocycles. The van der Waals surface area contributed by atoms with E-state index in [2.05, 4.69) is 45.7 Å². The summed E-state index contributed by atoms with van der Waals surface area (Å²) in [6.07, 6.45) is 1.82. The van der Waals surface area contributed by atoms with E-state index in [9.17, 15) is 13.2 Å². The number of alkyl halides is 3. The van der Waals surface area contributed by atoms with Crippen LogP contribution in [0.25, 0.3) is 11.1 Å². The normalized spacial score (nSPS) is 21.0. The first-order valence-corrected chi connectivity index (χ1v) is 11.8. The SMILES string of the molecule is CC1CCN(Cc2cc(-c3ccc4c(c3)CN(c3cncnc3)CC4C)cc(C(F)(F)F)c2)C1. The van der Waals surface area contributed by atoms with Crippen molar-refractivity contribution in [2.75, 3.05) is 24.5 Å². The van der Waals surface area contributed by atoms with E-state index in [0.717, 1.165) is 42.9 Å². The van der Waals surface area contributed by atoms with E-state index >= 15 is 0 Å². The summed E-state index contributed by atoms with van der Waals surface area (Å²) >= 11 is 0. The van der Waals surface area contributed by atoms with Crippen LogP contribution in [-0.4, -0.2) is 34.5 Å². The Balaban J connectivity index is 1.49. The van der Waals surface area contributed by atoms with Gasteiger partial charge in [0.15, 0.2) is 0 Å². The maximum Gasteiger partial charge on any atom is 0.416 e. The van der Waals surface area contributed by atoms with Crippen LogP contribution >= 0.6 is 0 Å². The zero-order valence-electron chi connectivity index (χ0n) is 19.5. The Morgan fingerprint density at radius 1 is 0.971 bits per heavy atom. The van der Waals surface area contributed by atoms with Gasteiger partial charge in [-0.25, -0.2) is 9.97 Å². The molecule has 2 aromatic carbocycles. The summed E-state index contributed by atoms with van der Waals surface area (Å²) in [4.78, 5) is 12.7. The summed E-state index contributed by atoms with van der Waals surface area (Å²) in [5, 5.41) is 0. The lowest BCUT2D eigenvalue weighted by Crippen LogP contribution is -2.32. The summed E-state index contributed by atoms with van der Waals surface area (Å²) in [5.41, 5.74) is 4.90. The van der Waals surface area contributed by atoms with Gasteiger partial charge in [-0.1, -0.05) is 26.0 Å². The van der Waals surface area contributed by atoms with Gasteiger partial charge in [-0.15, -0.1) is 0 Å². The Morgan fingerprint density at radius 3 is 2.47 bits per heavy atom. The first-order valence-electron chi connectivity index (χ1n) is 11.8. The average molecular weight is 467 g/mol. The largest absolute Gasteiger partial charge is 0.416 e. The van der Waals surface area contributed by atoms with Gasteiger partial charge in [0.05, 0.1) is 23.6 Å². The number of nitrogens with zero attached hydrogens (tertiary/aromatic N) is 4. The van der Waals surface area contributed by atoms with E-state index in [1.807, 2.05) is 12.1 Å². The third-order valence-electron chi connectivity index (χ3n) is 7.01. The number of rotatable bonds is 4. The fraction of sp³-hybridized carbons (Fsp3) is 0.407. The maximum absolute atomic E-state index is 13.8. The van der Waals surface area contributed by atoms with Crippen LogP contribution in [0.1, 0.15) is 48.4 Å². The molecule has 5 rings (SSSR count). The molecule has 0 spiro atoms. The minimum Gasteiger partial charge on any atom is -0.364 e. The lowest BCUT2D eigenvalue weighted by Gasteiger charge is -2.34. The molecule has 34 heavy (non-hydrogen) atoms. The van der Waals surface area contributed by atoms with E-state index in [1.54, 1.807) is 12.4 Å². The van der Waals surface area contributed by atoms with Crippen molar-refractivity contribution in [1.82, 2.24) is 14.9 Å². The topological polar surface area (TPSA) is 32.3 Å². The molecule has 0 amide bonds. The van der Waals surface area contributed by atoms with Crippen LogP contribution in [0.4, 0.5) is 18.9 Å². The van der Waals surface area contributed by atoms with Crippen LogP contribution in [0.3, 0.4) is 0 Å². The Labute approximate surface area is 198 Å². The first kappa shape index (κ1) is 22.8. The predicted octanol–water partition coefficient (Wildman–Crippen LogP) is 6.13.